The highest BCUT2D eigenvalue weighted by Gasteiger charge is 2.21. The number of aromatic nitrogens is 2. The summed E-state index contributed by atoms with van der Waals surface area (Å²) < 4.78 is 32.8. The van der Waals surface area contributed by atoms with Crippen LogP contribution < -0.4 is 4.72 Å². The number of hydrogen-bond acceptors (Lipinski definition) is 7. The number of esters is 1. The molecular formula is C15H13Cl2N3O5S2. The summed E-state index contributed by atoms with van der Waals surface area (Å²) in [7, 11) is -4.00. The Balaban J connectivity index is 1.80. The number of sulfonamides is 1. The number of imidazole rings is 1. The molecule has 0 unspecified atom stereocenters. The van der Waals surface area contributed by atoms with Gasteiger partial charge in [0.2, 0.25) is 10.0 Å². The topological polar surface area (TPSA) is 107 Å². The van der Waals surface area contributed by atoms with Gasteiger partial charge in [-0.15, -0.1) is 0 Å². The van der Waals surface area contributed by atoms with E-state index in [1.54, 1.807) is 23.5 Å². The average Bonchev–Trinajstić information content (AvgIpc) is 3.15. The first-order valence-electron chi connectivity index (χ1n) is 7.68. The summed E-state index contributed by atoms with van der Waals surface area (Å²) >= 11 is 13.4. The number of nitrogens with zero attached hydrogens (tertiary/aromatic N) is 2. The molecular weight excluding hydrogens is 437 g/mol. The number of ether oxygens (including phenoxy) is 1. The van der Waals surface area contributed by atoms with E-state index in [-0.39, 0.29) is 18.7 Å². The second-order valence-corrected chi connectivity index (χ2v) is 9.00. The Kier molecular flexibility index (Phi) is 5.61. The third-order valence-electron chi connectivity index (χ3n) is 3.52. The number of thiazole rings is 1. The van der Waals surface area contributed by atoms with Crippen LogP contribution >= 0.6 is 34.5 Å². The van der Waals surface area contributed by atoms with Crippen LogP contribution in [0.3, 0.4) is 0 Å². The number of carbonyl (C=O) groups excluding carboxylic acids is 2. The molecule has 1 N–H and O–H groups in total. The lowest BCUT2D eigenvalue weighted by molar-refractivity contribution is -0.142. The van der Waals surface area contributed by atoms with Gasteiger partial charge in [0.25, 0.3) is 5.91 Å². The fourth-order valence-electron chi connectivity index (χ4n) is 2.31. The van der Waals surface area contributed by atoms with Crippen molar-refractivity contribution in [1.82, 2.24) is 14.1 Å². The Morgan fingerprint density at radius 2 is 2.07 bits per heavy atom. The molecule has 0 radical (unpaired) electrons. The third kappa shape index (κ3) is 4.18. The standard InChI is InChI=1S/C15H13Cl2N3O5S2/c1-2-25-11(21)5-6-27(23,24)19-14(22)9-7-20-10-4-3-8(16)12(17)13(10)26-15(20)18-9/h3-4,7H,2,5-6H2,1H3,(H,19,22). The quantitative estimate of drug-likeness (QED) is 0.579. The van der Waals surface area contributed by atoms with Crippen LogP contribution in [-0.4, -0.2) is 42.0 Å². The molecule has 0 fully saturated rings. The predicted molar refractivity (Wildman–Crippen MR) is 103 cm³/mol. The SMILES string of the molecule is CCOC(=O)CCS(=O)(=O)NC(=O)c1cn2c(n1)sc1c(Cl)c(Cl)ccc12. The average molecular weight is 450 g/mol. The lowest BCUT2D eigenvalue weighted by Crippen LogP contribution is -2.33. The Labute approximate surface area is 168 Å². The first-order chi connectivity index (χ1) is 12.7. The van der Waals surface area contributed by atoms with Gasteiger partial charge in [0.05, 0.1) is 39.0 Å². The highest BCUT2D eigenvalue weighted by atomic mass is 35.5. The van der Waals surface area contributed by atoms with Gasteiger partial charge >= 0.3 is 5.97 Å². The minimum absolute atomic E-state index is 0.0751. The number of amides is 1. The molecule has 2 aromatic heterocycles. The van der Waals surface area contributed by atoms with Gasteiger partial charge in [-0.05, 0) is 19.1 Å². The molecule has 27 heavy (non-hydrogen) atoms. The summed E-state index contributed by atoms with van der Waals surface area (Å²) in [6, 6.07) is 3.35. The number of nitrogens with one attached hydrogen (secondary N) is 1. The second-order valence-electron chi connectivity index (χ2n) is 5.40. The molecule has 0 bridgehead atoms. The van der Waals surface area contributed by atoms with Crippen molar-refractivity contribution in [2.45, 2.75) is 13.3 Å². The Morgan fingerprint density at radius 1 is 1.33 bits per heavy atom. The van der Waals surface area contributed by atoms with Crippen LogP contribution in [0.15, 0.2) is 18.3 Å². The molecule has 12 heteroatoms. The van der Waals surface area contributed by atoms with Crippen molar-refractivity contribution >= 4 is 71.6 Å². The van der Waals surface area contributed by atoms with Crippen molar-refractivity contribution in [3.8, 4) is 0 Å². The van der Waals surface area contributed by atoms with Crippen LogP contribution in [-0.2, 0) is 19.6 Å². The summed E-state index contributed by atoms with van der Waals surface area (Å²) in [6.07, 6.45) is 1.06. The minimum Gasteiger partial charge on any atom is -0.466 e. The van der Waals surface area contributed by atoms with E-state index < -0.39 is 27.7 Å². The molecule has 0 spiro atoms. The number of rotatable bonds is 6. The Bertz CT molecular complexity index is 1150. The largest absolute Gasteiger partial charge is 0.466 e. The molecule has 8 nitrogen and oxygen atoms in total. The van der Waals surface area contributed by atoms with E-state index in [0.717, 1.165) is 0 Å². The van der Waals surface area contributed by atoms with Gasteiger partial charge in [-0.25, -0.2) is 18.1 Å². The Hall–Kier alpha value is -1.88. The van der Waals surface area contributed by atoms with Crippen LogP contribution in [0.1, 0.15) is 23.8 Å². The molecule has 1 aromatic carbocycles. The van der Waals surface area contributed by atoms with Crippen LogP contribution in [0.4, 0.5) is 0 Å². The summed E-state index contributed by atoms with van der Waals surface area (Å²) in [6.45, 7) is 1.77. The third-order valence-corrected chi connectivity index (χ3v) is 6.76. The molecule has 0 aliphatic carbocycles. The lowest BCUT2D eigenvalue weighted by Gasteiger charge is -2.05. The van der Waals surface area contributed by atoms with Gasteiger partial charge in [-0.2, -0.15) is 0 Å². The highest BCUT2D eigenvalue weighted by Crippen LogP contribution is 2.36. The van der Waals surface area contributed by atoms with Crippen LogP contribution in [0.5, 0.6) is 0 Å². The molecule has 2 heterocycles. The number of benzene rings is 1. The number of halogens is 2. The Morgan fingerprint density at radius 3 is 2.78 bits per heavy atom. The van der Waals surface area contributed by atoms with Crippen molar-refractivity contribution < 1.29 is 22.7 Å². The number of fused-ring (bicyclic) bond motifs is 3. The zero-order valence-corrected chi connectivity index (χ0v) is 17.0. The summed E-state index contributed by atoms with van der Waals surface area (Å²) in [5.41, 5.74) is 0.620. The normalized spacial score (nSPS) is 11.8. The first kappa shape index (κ1) is 19.9. The summed E-state index contributed by atoms with van der Waals surface area (Å²) in [5, 5.41) is 0.788. The molecule has 3 rings (SSSR count). The van der Waals surface area contributed by atoms with Crippen LogP contribution in [0, 0.1) is 0 Å². The molecule has 0 aliphatic heterocycles. The van der Waals surface area contributed by atoms with E-state index in [4.69, 9.17) is 23.2 Å². The van der Waals surface area contributed by atoms with Crippen LogP contribution in [0.2, 0.25) is 10.0 Å². The zero-order chi connectivity index (χ0) is 19.8. The van der Waals surface area contributed by atoms with E-state index in [0.29, 0.717) is 25.2 Å². The summed E-state index contributed by atoms with van der Waals surface area (Å²) in [5.74, 6) is -2.10. The van der Waals surface area contributed by atoms with Gasteiger partial charge in [0.15, 0.2) is 4.96 Å². The van der Waals surface area contributed by atoms with Gasteiger partial charge in [-0.1, -0.05) is 34.5 Å². The maximum atomic E-state index is 12.2. The van der Waals surface area contributed by atoms with E-state index in [1.807, 2.05) is 4.72 Å². The molecule has 0 saturated carbocycles. The van der Waals surface area contributed by atoms with Gasteiger partial charge in [0.1, 0.15) is 5.69 Å². The van der Waals surface area contributed by atoms with E-state index in [9.17, 15) is 18.0 Å². The number of hydrogen-bond donors (Lipinski definition) is 1. The smallest absolute Gasteiger partial charge is 0.306 e. The monoisotopic (exact) mass is 449 g/mol. The van der Waals surface area contributed by atoms with Gasteiger partial charge in [0, 0.05) is 6.20 Å². The molecule has 0 saturated heterocycles. The zero-order valence-electron chi connectivity index (χ0n) is 13.9. The molecule has 0 aliphatic rings. The second kappa shape index (κ2) is 7.63. The van der Waals surface area contributed by atoms with Crippen molar-refractivity contribution in [3.05, 3.63) is 34.1 Å². The fourth-order valence-corrected chi connectivity index (χ4v) is 4.77. The highest BCUT2D eigenvalue weighted by molar-refractivity contribution is 7.90. The maximum absolute atomic E-state index is 12.2. The van der Waals surface area contributed by atoms with Crippen molar-refractivity contribution in [3.63, 3.8) is 0 Å². The van der Waals surface area contributed by atoms with Gasteiger partial charge < -0.3 is 4.74 Å². The fraction of sp³-hybridized carbons (Fsp3) is 0.267. The predicted octanol–water partition coefficient (Wildman–Crippen LogP) is 2.87. The van der Waals surface area contributed by atoms with Crippen molar-refractivity contribution in [2.75, 3.05) is 12.4 Å². The lowest BCUT2D eigenvalue weighted by atomic mass is 10.3. The maximum Gasteiger partial charge on any atom is 0.306 e. The molecule has 1 amide bonds. The van der Waals surface area contributed by atoms with Crippen LogP contribution in [0.25, 0.3) is 15.2 Å². The van der Waals surface area contributed by atoms with Crippen molar-refractivity contribution in [1.29, 1.82) is 0 Å². The van der Waals surface area contributed by atoms with E-state index >= 15 is 0 Å². The van der Waals surface area contributed by atoms with E-state index in [1.165, 1.54) is 17.5 Å². The minimum atomic E-state index is -4.00. The summed E-state index contributed by atoms with van der Waals surface area (Å²) in [4.78, 5) is 28.1. The molecule has 144 valence electrons. The van der Waals surface area contributed by atoms with Crippen molar-refractivity contribution in [2.24, 2.45) is 0 Å². The van der Waals surface area contributed by atoms with E-state index in [2.05, 4.69) is 9.72 Å². The number of carbonyl (C=O) groups is 2. The molecule has 0 atom stereocenters. The molecule has 3 aromatic rings. The van der Waals surface area contributed by atoms with Gasteiger partial charge in [-0.3, -0.25) is 14.0 Å². The first-order valence-corrected chi connectivity index (χ1v) is 10.9.